The van der Waals surface area contributed by atoms with Crippen LogP contribution in [0.4, 0.5) is 5.69 Å². The van der Waals surface area contributed by atoms with Gasteiger partial charge in [-0.3, -0.25) is 9.59 Å². The molecule has 0 saturated carbocycles. The average Bonchev–Trinajstić information content (AvgIpc) is 2.37. The maximum absolute atomic E-state index is 11.9. The van der Waals surface area contributed by atoms with Crippen LogP contribution in [0.2, 0.25) is 5.02 Å². The molecule has 20 heavy (non-hydrogen) atoms. The lowest BCUT2D eigenvalue weighted by molar-refractivity contribution is -0.116. The number of nitrogens with zero attached hydrogens (tertiary/aromatic N) is 1. The minimum atomic E-state index is -0.325. The maximum atomic E-state index is 11.9. The Balaban J connectivity index is 2.13. The van der Waals surface area contributed by atoms with Gasteiger partial charge < -0.3 is 9.88 Å². The summed E-state index contributed by atoms with van der Waals surface area (Å²) in [5.74, 6) is -0.325. The van der Waals surface area contributed by atoms with Gasteiger partial charge in [-0.15, -0.1) is 0 Å². The van der Waals surface area contributed by atoms with Crippen molar-refractivity contribution < 1.29 is 4.79 Å². The lowest BCUT2D eigenvalue weighted by Crippen LogP contribution is -2.26. The fourth-order valence-corrected chi connectivity index (χ4v) is 2.66. The average molecular weight is 420 g/mol. The lowest BCUT2D eigenvalue weighted by Gasteiger charge is -2.09. The molecule has 1 amide bonds. The quantitative estimate of drug-likeness (QED) is 0.824. The van der Waals surface area contributed by atoms with E-state index in [0.29, 0.717) is 10.7 Å². The van der Waals surface area contributed by atoms with E-state index < -0.39 is 0 Å². The van der Waals surface area contributed by atoms with Crippen molar-refractivity contribution in [3.63, 3.8) is 0 Å². The van der Waals surface area contributed by atoms with E-state index in [-0.39, 0.29) is 18.0 Å². The van der Waals surface area contributed by atoms with Crippen molar-refractivity contribution >= 4 is 55.1 Å². The van der Waals surface area contributed by atoms with Crippen LogP contribution in [0.5, 0.6) is 0 Å². The van der Waals surface area contributed by atoms with Gasteiger partial charge >= 0.3 is 0 Å². The Kier molecular flexibility index (Phi) is 5.01. The van der Waals surface area contributed by atoms with E-state index in [1.807, 2.05) is 0 Å². The van der Waals surface area contributed by atoms with Crippen LogP contribution in [0.3, 0.4) is 0 Å². The first-order chi connectivity index (χ1) is 9.45. The second kappa shape index (κ2) is 6.56. The standard InChI is InChI=1S/C13H9Br2ClN2O2/c14-8-1-3-11(10(16)5-8)17-12(19)7-18-6-9(15)2-4-13(18)20/h1-6H,7H2,(H,17,19). The zero-order chi connectivity index (χ0) is 14.7. The van der Waals surface area contributed by atoms with Gasteiger partial charge in [0.15, 0.2) is 0 Å². The van der Waals surface area contributed by atoms with Gasteiger partial charge in [0, 0.05) is 21.2 Å². The van der Waals surface area contributed by atoms with Crippen molar-refractivity contribution in [3.05, 3.63) is 60.9 Å². The molecule has 104 valence electrons. The zero-order valence-corrected chi connectivity index (χ0v) is 14.0. The molecule has 1 N–H and O–H groups in total. The number of amides is 1. The van der Waals surface area contributed by atoms with E-state index in [0.717, 1.165) is 8.95 Å². The summed E-state index contributed by atoms with van der Waals surface area (Å²) in [5, 5.41) is 3.09. The normalized spacial score (nSPS) is 10.3. The zero-order valence-electron chi connectivity index (χ0n) is 10.1. The fourth-order valence-electron chi connectivity index (χ4n) is 1.56. The third kappa shape index (κ3) is 3.94. The van der Waals surface area contributed by atoms with Crippen LogP contribution < -0.4 is 10.9 Å². The smallest absolute Gasteiger partial charge is 0.251 e. The Bertz CT molecular complexity index is 716. The first-order valence-corrected chi connectivity index (χ1v) is 7.53. The second-order valence-electron chi connectivity index (χ2n) is 3.99. The predicted octanol–water partition coefficient (Wildman–Crippen LogP) is 3.67. The first kappa shape index (κ1) is 15.3. The molecule has 0 radical (unpaired) electrons. The predicted molar refractivity (Wildman–Crippen MR) is 86.2 cm³/mol. The molecule has 2 rings (SSSR count). The minimum absolute atomic E-state index is 0.0787. The van der Waals surface area contributed by atoms with Crippen molar-refractivity contribution in [2.24, 2.45) is 0 Å². The Hall–Kier alpha value is -1.11. The summed E-state index contributed by atoms with van der Waals surface area (Å²) in [6.45, 7) is -0.0787. The number of carbonyl (C=O) groups excluding carboxylic acids is 1. The highest BCUT2D eigenvalue weighted by Gasteiger charge is 2.08. The lowest BCUT2D eigenvalue weighted by atomic mass is 10.3. The summed E-state index contributed by atoms with van der Waals surface area (Å²) in [6, 6.07) is 8.16. The summed E-state index contributed by atoms with van der Waals surface area (Å²) in [7, 11) is 0. The molecular formula is C13H9Br2ClN2O2. The van der Waals surface area contributed by atoms with Crippen molar-refractivity contribution in [2.45, 2.75) is 6.54 Å². The van der Waals surface area contributed by atoms with Gasteiger partial charge in [0.1, 0.15) is 6.54 Å². The second-order valence-corrected chi connectivity index (χ2v) is 6.22. The molecule has 0 aliphatic heterocycles. The molecule has 0 atom stereocenters. The minimum Gasteiger partial charge on any atom is -0.323 e. The highest BCUT2D eigenvalue weighted by molar-refractivity contribution is 9.10. The molecule has 4 nitrogen and oxygen atoms in total. The van der Waals surface area contributed by atoms with E-state index in [1.54, 1.807) is 30.5 Å². The Labute approximate surface area is 137 Å². The molecule has 0 saturated heterocycles. The molecule has 0 aliphatic rings. The molecular weight excluding hydrogens is 411 g/mol. The van der Waals surface area contributed by atoms with Crippen LogP contribution >= 0.6 is 43.5 Å². The topological polar surface area (TPSA) is 51.1 Å². The molecule has 7 heteroatoms. The molecule has 0 aliphatic carbocycles. The summed E-state index contributed by atoms with van der Waals surface area (Å²) in [6.07, 6.45) is 1.56. The van der Waals surface area contributed by atoms with E-state index in [1.165, 1.54) is 10.6 Å². The van der Waals surface area contributed by atoms with Gasteiger partial charge in [-0.1, -0.05) is 27.5 Å². The molecule has 1 heterocycles. The fraction of sp³-hybridized carbons (Fsp3) is 0.0769. The largest absolute Gasteiger partial charge is 0.323 e. The van der Waals surface area contributed by atoms with Gasteiger partial charge in [-0.05, 0) is 40.2 Å². The molecule has 1 aromatic carbocycles. The third-order valence-corrected chi connectivity index (χ3v) is 3.74. The Morgan fingerprint density at radius 3 is 2.60 bits per heavy atom. The van der Waals surface area contributed by atoms with E-state index in [2.05, 4.69) is 37.2 Å². The summed E-state index contributed by atoms with van der Waals surface area (Å²) < 4.78 is 2.86. The van der Waals surface area contributed by atoms with Crippen molar-refractivity contribution in [2.75, 3.05) is 5.32 Å². The Morgan fingerprint density at radius 1 is 1.20 bits per heavy atom. The van der Waals surface area contributed by atoms with Gasteiger partial charge in [0.05, 0.1) is 10.7 Å². The van der Waals surface area contributed by atoms with E-state index in [4.69, 9.17) is 11.6 Å². The number of hydrogen-bond donors (Lipinski definition) is 1. The van der Waals surface area contributed by atoms with Gasteiger partial charge in [0.2, 0.25) is 5.91 Å². The molecule has 0 bridgehead atoms. The number of rotatable bonds is 3. The van der Waals surface area contributed by atoms with Crippen molar-refractivity contribution in [1.29, 1.82) is 0 Å². The number of halogens is 3. The Morgan fingerprint density at radius 2 is 1.90 bits per heavy atom. The molecule has 0 fully saturated rings. The molecule has 0 spiro atoms. The van der Waals surface area contributed by atoms with E-state index in [9.17, 15) is 9.59 Å². The SMILES string of the molecule is O=C(Cn1cc(Br)ccc1=O)Nc1ccc(Br)cc1Cl. The van der Waals surface area contributed by atoms with Crippen LogP contribution in [0, 0.1) is 0 Å². The monoisotopic (exact) mass is 418 g/mol. The summed E-state index contributed by atoms with van der Waals surface area (Å²) >= 11 is 12.6. The van der Waals surface area contributed by atoms with E-state index >= 15 is 0 Å². The van der Waals surface area contributed by atoms with Crippen LogP contribution in [0.25, 0.3) is 0 Å². The number of carbonyl (C=O) groups is 1. The maximum Gasteiger partial charge on any atom is 0.251 e. The molecule has 2 aromatic rings. The number of hydrogen-bond acceptors (Lipinski definition) is 2. The van der Waals surface area contributed by atoms with Crippen LogP contribution in [0.15, 0.2) is 50.3 Å². The highest BCUT2D eigenvalue weighted by Crippen LogP contribution is 2.25. The number of anilines is 1. The van der Waals surface area contributed by atoms with Gasteiger partial charge in [0.25, 0.3) is 5.56 Å². The number of aromatic nitrogens is 1. The summed E-state index contributed by atoms with van der Waals surface area (Å²) in [4.78, 5) is 23.5. The summed E-state index contributed by atoms with van der Waals surface area (Å²) in [5.41, 5.74) is 0.258. The first-order valence-electron chi connectivity index (χ1n) is 5.56. The number of benzene rings is 1. The third-order valence-electron chi connectivity index (χ3n) is 2.47. The highest BCUT2D eigenvalue weighted by atomic mass is 79.9. The van der Waals surface area contributed by atoms with Crippen LogP contribution in [-0.2, 0) is 11.3 Å². The molecule has 1 aromatic heterocycles. The van der Waals surface area contributed by atoms with Crippen LogP contribution in [0.1, 0.15) is 0 Å². The molecule has 0 unspecified atom stereocenters. The van der Waals surface area contributed by atoms with Crippen molar-refractivity contribution in [3.8, 4) is 0 Å². The van der Waals surface area contributed by atoms with Gasteiger partial charge in [-0.2, -0.15) is 0 Å². The van der Waals surface area contributed by atoms with Crippen molar-refractivity contribution in [1.82, 2.24) is 4.57 Å². The number of pyridine rings is 1. The van der Waals surface area contributed by atoms with Gasteiger partial charge in [-0.25, -0.2) is 0 Å². The number of nitrogens with one attached hydrogen (secondary N) is 1. The van der Waals surface area contributed by atoms with Crippen LogP contribution in [-0.4, -0.2) is 10.5 Å².